The van der Waals surface area contributed by atoms with Gasteiger partial charge in [-0.3, -0.25) is 10.2 Å². The van der Waals surface area contributed by atoms with Crippen LogP contribution in [0.1, 0.15) is 5.56 Å². The van der Waals surface area contributed by atoms with Crippen LogP contribution in [0.2, 0.25) is 5.02 Å². The van der Waals surface area contributed by atoms with Gasteiger partial charge in [-0.1, -0.05) is 29.8 Å². The molecule has 0 aliphatic carbocycles. The molecule has 0 aliphatic heterocycles. The lowest BCUT2D eigenvalue weighted by Gasteiger charge is -2.11. The van der Waals surface area contributed by atoms with Crippen LogP contribution in [0.25, 0.3) is 0 Å². The first-order valence-electron chi connectivity index (χ1n) is 6.84. The van der Waals surface area contributed by atoms with Crippen molar-refractivity contribution in [1.82, 2.24) is 10.9 Å². The predicted octanol–water partition coefficient (Wildman–Crippen LogP) is 2.88. The molecule has 23 heavy (non-hydrogen) atoms. The van der Waals surface area contributed by atoms with Crippen LogP contribution >= 0.6 is 11.6 Å². The molecule has 0 bridgehead atoms. The maximum Gasteiger partial charge on any atom is 0.337 e. The highest BCUT2D eigenvalue weighted by molar-refractivity contribution is 6.30. The Kier molecular flexibility index (Phi) is 5.82. The molecule has 6 nitrogen and oxygen atoms in total. The molecule has 3 N–H and O–H groups in total. The molecule has 120 valence electrons. The number of hydrogen-bond donors (Lipinski definition) is 3. The van der Waals surface area contributed by atoms with Crippen molar-refractivity contribution in [2.45, 2.75) is 6.92 Å². The molecular weight excluding hydrogens is 318 g/mol. The van der Waals surface area contributed by atoms with Gasteiger partial charge in [0.15, 0.2) is 6.61 Å². The van der Waals surface area contributed by atoms with Gasteiger partial charge in [0.05, 0.1) is 0 Å². The summed E-state index contributed by atoms with van der Waals surface area (Å²) >= 11 is 5.84. The van der Waals surface area contributed by atoms with E-state index in [4.69, 9.17) is 16.3 Å². The van der Waals surface area contributed by atoms with E-state index in [9.17, 15) is 9.59 Å². The highest BCUT2D eigenvalue weighted by atomic mass is 35.5. The fourth-order valence-electron chi connectivity index (χ4n) is 1.76. The number of aryl methyl sites for hydroxylation is 1. The molecular formula is C16H16ClN3O3. The lowest BCUT2D eigenvalue weighted by molar-refractivity contribution is -0.123. The van der Waals surface area contributed by atoms with Crippen LogP contribution in [0.5, 0.6) is 5.75 Å². The number of rotatable bonds is 4. The van der Waals surface area contributed by atoms with Crippen molar-refractivity contribution >= 4 is 29.2 Å². The zero-order chi connectivity index (χ0) is 16.7. The zero-order valence-electron chi connectivity index (χ0n) is 12.4. The Morgan fingerprint density at radius 3 is 2.52 bits per heavy atom. The van der Waals surface area contributed by atoms with Crippen molar-refractivity contribution in [3.8, 4) is 5.75 Å². The van der Waals surface area contributed by atoms with Crippen LogP contribution in [-0.4, -0.2) is 18.5 Å². The quantitative estimate of drug-likeness (QED) is 0.753. The molecule has 2 aromatic rings. The minimum Gasteiger partial charge on any atom is -0.483 e. The van der Waals surface area contributed by atoms with Crippen molar-refractivity contribution in [2.75, 3.05) is 11.9 Å². The molecule has 0 spiro atoms. The van der Waals surface area contributed by atoms with Crippen LogP contribution in [0.15, 0.2) is 48.5 Å². The molecule has 0 atom stereocenters. The van der Waals surface area contributed by atoms with E-state index < -0.39 is 11.9 Å². The van der Waals surface area contributed by atoms with Crippen molar-refractivity contribution in [2.24, 2.45) is 0 Å². The fourth-order valence-corrected chi connectivity index (χ4v) is 1.99. The van der Waals surface area contributed by atoms with Gasteiger partial charge in [-0.15, -0.1) is 0 Å². The topological polar surface area (TPSA) is 79.5 Å². The normalized spacial score (nSPS) is 9.83. The lowest BCUT2D eigenvalue weighted by Crippen LogP contribution is -2.45. The van der Waals surface area contributed by atoms with E-state index in [1.54, 1.807) is 42.5 Å². The number of anilines is 1. The summed E-state index contributed by atoms with van der Waals surface area (Å²) in [7, 11) is 0. The highest BCUT2D eigenvalue weighted by Gasteiger charge is 2.07. The van der Waals surface area contributed by atoms with Crippen molar-refractivity contribution in [1.29, 1.82) is 0 Å². The molecule has 0 fully saturated rings. The molecule has 7 heteroatoms. The lowest BCUT2D eigenvalue weighted by atomic mass is 10.2. The first-order valence-corrected chi connectivity index (χ1v) is 7.22. The van der Waals surface area contributed by atoms with Gasteiger partial charge in [-0.25, -0.2) is 10.2 Å². The third kappa shape index (κ3) is 5.52. The third-order valence-electron chi connectivity index (χ3n) is 2.84. The molecule has 0 aromatic heterocycles. The van der Waals surface area contributed by atoms with Crippen LogP contribution in [-0.2, 0) is 4.79 Å². The Morgan fingerprint density at radius 1 is 1.09 bits per heavy atom. The molecule has 3 amide bonds. The minimum absolute atomic E-state index is 0.228. The van der Waals surface area contributed by atoms with E-state index in [0.717, 1.165) is 5.56 Å². The number of urea groups is 1. The molecule has 0 saturated heterocycles. The SMILES string of the molecule is Cc1cc(Cl)ccc1OCC(=O)NNC(=O)Nc1ccccc1. The zero-order valence-corrected chi connectivity index (χ0v) is 13.2. The van der Waals surface area contributed by atoms with Gasteiger partial charge >= 0.3 is 6.03 Å². The van der Waals surface area contributed by atoms with Crippen molar-refractivity contribution < 1.29 is 14.3 Å². The Morgan fingerprint density at radius 2 is 1.83 bits per heavy atom. The van der Waals surface area contributed by atoms with E-state index in [2.05, 4.69) is 16.2 Å². The first kappa shape index (κ1) is 16.6. The number of halogens is 1. The summed E-state index contributed by atoms with van der Waals surface area (Å²) in [6.45, 7) is 1.60. The molecule has 0 aliphatic rings. The molecule has 2 rings (SSSR count). The average molecular weight is 334 g/mol. The largest absolute Gasteiger partial charge is 0.483 e. The Hall–Kier alpha value is -2.73. The van der Waals surface area contributed by atoms with Gasteiger partial charge in [0.2, 0.25) is 0 Å². The number of amides is 3. The number of hydrazine groups is 1. The fraction of sp³-hybridized carbons (Fsp3) is 0.125. The van der Waals surface area contributed by atoms with Gasteiger partial charge in [-0.2, -0.15) is 0 Å². The van der Waals surface area contributed by atoms with Gasteiger partial charge in [-0.05, 0) is 42.8 Å². The average Bonchev–Trinajstić information content (AvgIpc) is 2.53. The Labute approximate surface area is 138 Å². The summed E-state index contributed by atoms with van der Waals surface area (Å²) in [4.78, 5) is 23.2. The van der Waals surface area contributed by atoms with E-state index >= 15 is 0 Å². The maximum absolute atomic E-state index is 11.6. The van der Waals surface area contributed by atoms with Gasteiger partial charge in [0, 0.05) is 10.7 Å². The van der Waals surface area contributed by atoms with Gasteiger partial charge < -0.3 is 10.1 Å². The number of nitrogens with one attached hydrogen (secondary N) is 3. The van der Waals surface area contributed by atoms with E-state index in [1.807, 2.05) is 13.0 Å². The van der Waals surface area contributed by atoms with Crippen molar-refractivity contribution in [3.63, 3.8) is 0 Å². The second-order valence-electron chi connectivity index (χ2n) is 4.69. The minimum atomic E-state index is -0.549. The summed E-state index contributed by atoms with van der Waals surface area (Å²) in [5.41, 5.74) is 5.93. The van der Waals surface area contributed by atoms with Crippen LogP contribution in [0.3, 0.4) is 0 Å². The number of ether oxygens (including phenoxy) is 1. The van der Waals surface area contributed by atoms with Crippen LogP contribution in [0, 0.1) is 6.92 Å². The third-order valence-corrected chi connectivity index (χ3v) is 3.08. The highest BCUT2D eigenvalue weighted by Crippen LogP contribution is 2.21. The number of benzene rings is 2. The second-order valence-corrected chi connectivity index (χ2v) is 5.13. The summed E-state index contributed by atoms with van der Waals surface area (Å²) in [5, 5.41) is 3.16. The number of carbonyl (C=O) groups is 2. The standard InChI is InChI=1S/C16H16ClN3O3/c1-11-9-12(17)7-8-14(11)23-10-15(21)19-20-16(22)18-13-5-3-2-4-6-13/h2-9H,10H2,1H3,(H,19,21)(H2,18,20,22). The molecule has 0 radical (unpaired) electrons. The number of hydrogen-bond acceptors (Lipinski definition) is 3. The summed E-state index contributed by atoms with van der Waals surface area (Å²) in [6, 6.07) is 13.4. The Balaban J connectivity index is 1.73. The number of para-hydroxylation sites is 1. The molecule has 0 heterocycles. The van der Waals surface area contributed by atoms with Crippen LogP contribution in [0.4, 0.5) is 10.5 Å². The number of carbonyl (C=O) groups excluding carboxylic acids is 2. The summed E-state index contributed by atoms with van der Waals surface area (Å²) in [5.74, 6) is 0.0702. The molecule has 0 unspecified atom stereocenters. The molecule has 0 saturated carbocycles. The summed E-state index contributed by atoms with van der Waals surface area (Å²) in [6.07, 6.45) is 0. The van der Waals surface area contributed by atoms with E-state index in [1.165, 1.54) is 0 Å². The smallest absolute Gasteiger partial charge is 0.337 e. The van der Waals surface area contributed by atoms with Crippen LogP contribution < -0.4 is 20.9 Å². The maximum atomic E-state index is 11.6. The predicted molar refractivity (Wildman–Crippen MR) is 88.4 cm³/mol. The first-order chi connectivity index (χ1) is 11.0. The van der Waals surface area contributed by atoms with Crippen molar-refractivity contribution in [3.05, 3.63) is 59.1 Å². The molecule has 2 aromatic carbocycles. The second kappa shape index (κ2) is 8.05. The van der Waals surface area contributed by atoms with E-state index in [-0.39, 0.29) is 6.61 Å². The Bertz CT molecular complexity index is 692. The van der Waals surface area contributed by atoms with Gasteiger partial charge in [0.25, 0.3) is 5.91 Å². The monoisotopic (exact) mass is 333 g/mol. The van der Waals surface area contributed by atoms with Gasteiger partial charge in [0.1, 0.15) is 5.75 Å². The van der Waals surface area contributed by atoms with E-state index in [0.29, 0.717) is 16.5 Å². The summed E-state index contributed by atoms with van der Waals surface area (Å²) < 4.78 is 5.36.